The molecule has 1 saturated heterocycles. The molecule has 1 aliphatic heterocycles. The summed E-state index contributed by atoms with van der Waals surface area (Å²) in [6, 6.07) is 0. The van der Waals surface area contributed by atoms with Crippen LogP contribution in [0.2, 0.25) is 0 Å². The maximum Gasteiger partial charge on any atom is 0.295 e. The van der Waals surface area contributed by atoms with Crippen molar-refractivity contribution in [3.05, 3.63) is 30.3 Å². The Kier molecular flexibility index (Phi) is 5.96. The van der Waals surface area contributed by atoms with Gasteiger partial charge in [0.05, 0.1) is 0 Å². The Morgan fingerprint density at radius 2 is 1.59 bits per heavy atom. The van der Waals surface area contributed by atoms with Crippen molar-refractivity contribution in [1.29, 1.82) is 0 Å². The van der Waals surface area contributed by atoms with Crippen LogP contribution in [0.4, 0.5) is 0 Å². The monoisotopic (exact) mass is 329 g/mol. The molecule has 15 heteroatoms. The van der Waals surface area contributed by atoms with E-state index in [2.05, 4.69) is 14.5 Å². The Balaban J connectivity index is 2.95. The topological polar surface area (TPSA) is 196 Å². The first-order valence-corrected chi connectivity index (χ1v) is 5.52. The first kappa shape index (κ1) is 17.5. The lowest BCUT2D eigenvalue weighted by Crippen LogP contribution is -2.61. The van der Waals surface area contributed by atoms with Gasteiger partial charge in [0.2, 0.25) is 0 Å². The molecule has 1 aliphatic rings. The molecule has 1 rings (SSSR count). The quantitative estimate of drug-likeness (QED) is 0.383. The van der Waals surface area contributed by atoms with Crippen molar-refractivity contribution in [2.24, 2.45) is 0 Å². The molecule has 5 atom stereocenters. The Morgan fingerprint density at radius 3 is 2.05 bits per heavy atom. The summed E-state index contributed by atoms with van der Waals surface area (Å²) in [6.45, 7) is -0.809. The lowest BCUT2D eigenvalue weighted by molar-refractivity contribution is -0.807. The van der Waals surface area contributed by atoms with Crippen LogP contribution in [0, 0.1) is 30.3 Å². The molecular formula is C7H11N3O12. The Labute approximate surface area is 120 Å². The Bertz CT molecular complexity index is 431. The van der Waals surface area contributed by atoms with Crippen LogP contribution in [0.1, 0.15) is 0 Å². The van der Waals surface area contributed by atoms with Crippen LogP contribution in [-0.4, -0.2) is 64.8 Å². The molecule has 1 N–H and O–H groups in total. The molecule has 0 aliphatic carbocycles. The van der Waals surface area contributed by atoms with Crippen LogP contribution in [0.15, 0.2) is 0 Å². The summed E-state index contributed by atoms with van der Waals surface area (Å²) in [5.74, 6) is 0. The summed E-state index contributed by atoms with van der Waals surface area (Å²) in [4.78, 5) is 43.3. The summed E-state index contributed by atoms with van der Waals surface area (Å²) in [5, 5.41) is 37.1. The minimum Gasteiger partial charge on any atom is -0.388 e. The molecule has 22 heavy (non-hydrogen) atoms. The van der Waals surface area contributed by atoms with Gasteiger partial charge in [-0.1, -0.05) is 0 Å². The van der Waals surface area contributed by atoms with E-state index in [1.807, 2.05) is 0 Å². The van der Waals surface area contributed by atoms with Crippen LogP contribution in [-0.2, 0) is 24.0 Å². The third-order valence-corrected chi connectivity index (χ3v) is 2.61. The average Bonchev–Trinajstić information content (AvgIpc) is 2.41. The highest BCUT2D eigenvalue weighted by Gasteiger charge is 2.50. The molecule has 0 unspecified atom stereocenters. The summed E-state index contributed by atoms with van der Waals surface area (Å²) >= 11 is 0. The fourth-order valence-electron chi connectivity index (χ4n) is 1.78. The van der Waals surface area contributed by atoms with Gasteiger partial charge in [-0.15, -0.1) is 30.3 Å². The third kappa shape index (κ3) is 4.50. The van der Waals surface area contributed by atoms with E-state index in [0.29, 0.717) is 0 Å². The summed E-state index contributed by atoms with van der Waals surface area (Å²) in [5.41, 5.74) is 0. The highest BCUT2D eigenvalue weighted by Crippen LogP contribution is 2.26. The molecule has 0 saturated carbocycles. The van der Waals surface area contributed by atoms with Crippen molar-refractivity contribution in [2.75, 3.05) is 13.7 Å². The highest BCUT2D eigenvalue weighted by atomic mass is 17.0. The maximum absolute atomic E-state index is 10.4. The first-order chi connectivity index (χ1) is 10.3. The van der Waals surface area contributed by atoms with E-state index in [9.17, 15) is 35.4 Å². The summed E-state index contributed by atoms with van der Waals surface area (Å²) < 4.78 is 9.70. The fraction of sp³-hybridized carbons (Fsp3) is 1.00. The molecule has 0 aromatic carbocycles. The Morgan fingerprint density at radius 1 is 1.05 bits per heavy atom. The standard InChI is InChI=1S/C7H11N3O12/c1-18-7-6(22-10(16)17)5(21-9(14)15)4(11)3(20-7)2-19-8(12)13/h3-7,11H,2H2,1H3/t3-,4-,5+,6+,7+/m1/s1. The number of methoxy groups -OCH3 is 1. The lowest BCUT2D eigenvalue weighted by atomic mass is 9.99. The number of aliphatic hydroxyl groups excluding tert-OH is 1. The zero-order valence-corrected chi connectivity index (χ0v) is 10.9. The Hall–Kier alpha value is -2.52. The van der Waals surface area contributed by atoms with Crippen molar-refractivity contribution in [1.82, 2.24) is 0 Å². The molecule has 0 spiro atoms. The molecule has 0 aromatic heterocycles. The lowest BCUT2D eigenvalue weighted by Gasteiger charge is -2.41. The van der Waals surface area contributed by atoms with Crippen molar-refractivity contribution < 1.29 is 44.4 Å². The molecule has 1 heterocycles. The molecule has 0 radical (unpaired) electrons. The van der Waals surface area contributed by atoms with Crippen LogP contribution in [0.3, 0.4) is 0 Å². The third-order valence-electron chi connectivity index (χ3n) is 2.61. The van der Waals surface area contributed by atoms with Gasteiger partial charge in [0.1, 0.15) is 18.8 Å². The molecule has 126 valence electrons. The molecule has 0 bridgehead atoms. The van der Waals surface area contributed by atoms with Gasteiger partial charge in [-0.2, -0.15) is 0 Å². The van der Waals surface area contributed by atoms with E-state index in [4.69, 9.17) is 9.47 Å². The summed E-state index contributed by atoms with van der Waals surface area (Å²) in [6.07, 6.45) is -8.63. The summed E-state index contributed by atoms with van der Waals surface area (Å²) in [7, 11) is 1.04. The second kappa shape index (κ2) is 7.48. The number of rotatable bonds is 8. The predicted octanol–water partition coefficient (Wildman–Crippen LogP) is -1.92. The van der Waals surface area contributed by atoms with Gasteiger partial charge in [0, 0.05) is 7.11 Å². The van der Waals surface area contributed by atoms with E-state index < -0.39 is 52.6 Å². The largest absolute Gasteiger partial charge is 0.388 e. The second-order valence-electron chi connectivity index (χ2n) is 3.88. The number of ether oxygens (including phenoxy) is 2. The first-order valence-electron chi connectivity index (χ1n) is 5.52. The normalized spacial score (nSPS) is 31.1. The maximum atomic E-state index is 10.4. The number of hydrogen-bond donors (Lipinski definition) is 1. The van der Waals surface area contributed by atoms with Crippen LogP contribution < -0.4 is 0 Å². The van der Waals surface area contributed by atoms with Gasteiger partial charge in [0.15, 0.2) is 18.5 Å². The van der Waals surface area contributed by atoms with E-state index in [0.717, 1.165) is 7.11 Å². The second-order valence-corrected chi connectivity index (χ2v) is 3.88. The van der Waals surface area contributed by atoms with Gasteiger partial charge in [-0.05, 0) is 0 Å². The number of nitrogens with zero attached hydrogens (tertiary/aromatic N) is 3. The fourth-order valence-corrected chi connectivity index (χ4v) is 1.78. The molecule has 0 amide bonds. The van der Waals surface area contributed by atoms with E-state index in [1.54, 1.807) is 0 Å². The minimum absolute atomic E-state index is 0.809. The van der Waals surface area contributed by atoms with Gasteiger partial charge < -0.3 is 29.1 Å². The van der Waals surface area contributed by atoms with Crippen molar-refractivity contribution in [3.8, 4) is 0 Å². The van der Waals surface area contributed by atoms with Gasteiger partial charge in [-0.25, -0.2) is 0 Å². The van der Waals surface area contributed by atoms with Gasteiger partial charge in [-0.3, -0.25) is 0 Å². The molecule has 1 fully saturated rings. The van der Waals surface area contributed by atoms with Crippen LogP contribution in [0.5, 0.6) is 0 Å². The van der Waals surface area contributed by atoms with E-state index >= 15 is 0 Å². The van der Waals surface area contributed by atoms with Gasteiger partial charge in [0.25, 0.3) is 15.3 Å². The molecule has 15 nitrogen and oxygen atoms in total. The van der Waals surface area contributed by atoms with Crippen LogP contribution in [0.25, 0.3) is 0 Å². The zero-order chi connectivity index (χ0) is 16.9. The predicted molar refractivity (Wildman–Crippen MR) is 58.4 cm³/mol. The zero-order valence-electron chi connectivity index (χ0n) is 10.9. The average molecular weight is 329 g/mol. The minimum atomic E-state index is -1.89. The number of aliphatic hydroxyl groups is 1. The molecule has 0 aromatic rings. The molecular weight excluding hydrogens is 318 g/mol. The smallest absolute Gasteiger partial charge is 0.295 e. The van der Waals surface area contributed by atoms with E-state index in [-0.39, 0.29) is 0 Å². The van der Waals surface area contributed by atoms with Crippen molar-refractivity contribution in [2.45, 2.75) is 30.7 Å². The van der Waals surface area contributed by atoms with Gasteiger partial charge >= 0.3 is 0 Å². The highest BCUT2D eigenvalue weighted by molar-refractivity contribution is 4.90. The SMILES string of the molecule is CO[C@H]1O[C@H](CO[N+](=O)[O-])[C@@H](O)[C@H](O[N+](=O)[O-])[C@@H]1O[N+](=O)[O-]. The van der Waals surface area contributed by atoms with Crippen LogP contribution >= 0.6 is 0 Å². The van der Waals surface area contributed by atoms with E-state index in [1.165, 1.54) is 0 Å². The van der Waals surface area contributed by atoms with Crippen molar-refractivity contribution >= 4 is 0 Å². The number of hydrogen-bond acceptors (Lipinski definition) is 12. The van der Waals surface area contributed by atoms with Crippen molar-refractivity contribution in [3.63, 3.8) is 0 Å².